The van der Waals surface area contributed by atoms with E-state index in [-0.39, 0.29) is 29.9 Å². The van der Waals surface area contributed by atoms with Gasteiger partial charge < -0.3 is 24.1 Å². The van der Waals surface area contributed by atoms with E-state index < -0.39 is 5.79 Å². The Morgan fingerprint density at radius 2 is 1.44 bits per heavy atom. The molecule has 6 rings (SSSR count). The van der Waals surface area contributed by atoms with Crippen LogP contribution in [0.4, 0.5) is 10.1 Å². The first-order chi connectivity index (χ1) is 24.2. The molecule has 0 spiro atoms. The number of anilines is 1. The fraction of sp³-hybridized carbons (Fsp3) is 0.326. The molecular formula is C43H47FN2O4. The summed E-state index contributed by atoms with van der Waals surface area (Å²) in [4.78, 5) is 14.4. The fourth-order valence-electron chi connectivity index (χ4n) is 7.03. The van der Waals surface area contributed by atoms with Crippen LogP contribution in [0.15, 0.2) is 115 Å². The van der Waals surface area contributed by atoms with Crippen molar-refractivity contribution >= 4 is 11.6 Å². The molecular weight excluding hydrogens is 627 g/mol. The zero-order chi connectivity index (χ0) is 35.1. The van der Waals surface area contributed by atoms with Crippen LogP contribution in [-0.4, -0.2) is 35.1 Å². The minimum Gasteiger partial charge on any atom is -0.377 e. The Morgan fingerprint density at radius 1 is 0.840 bits per heavy atom. The van der Waals surface area contributed by atoms with Crippen molar-refractivity contribution in [2.24, 2.45) is 0 Å². The number of halogens is 1. The molecule has 0 aliphatic carbocycles. The molecule has 7 heteroatoms. The molecule has 260 valence electrons. The molecule has 1 fully saturated rings. The monoisotopic (exact) mass is 674 g/mol. The smallest absolute Gasteiger partial charge is 0.258 e. The van der Waals surface area contributed by atoms with E-state index in [2.05, 4.69) is 35.9 Å². The van der Waals surface area contributed by atoms with Crippen molar-refractivity contribution in [1.29, 1.82) is 0 Å². The number of amides is 1. The lowest BCUT2D eigenvalue weighted by Gasteiger charge is -2.41. The van der Waals surface area contributed by atoms with Gasteiger partial charge in [0.05, 0.1) is 30.1 Å². The van der Waals surface area contributed by atoms with Gasteiger partial charge in [-0.05, 0) is 85.7 Å². The maximum absolute atomic E-state index is 14.4. The third-order valence-electron chi connectivity index (χ3n) is 9.09. The zero-order valence-electron chi connectivity index (χ0n) is 29.4. The van der Waals surface area contributed by atoms with Crippen LogP contribution in [0.2, 0.25) is 0 Å². The van der Waals surface area contributed by atoms with Gasteiger partial charge in [-0.15, -0.1) is 0 Å². The second-order valence-electron chi connectivity index (χ2n) is 13.7. The molecule has 4 aromatic carbocycles. The predicted molar refractivity (Wildman–Crippen MR) is 198 cm³/mol. The van der Waals surface area contributed by atoms with Crippen LogP contribution < -0.4 is 5.32 Å². The van der Waals surface area contributed by atoms with Gasteiger partial charge in [0.25, 0.3) is 5.91 Å². The number of rotatable bonds is 13. The topological polar surface area (TPSA) is 61.7 Å². The number of para-hydroxylation sites is 1. The van der Waals surface area contributed by atoms with Crippen molar-refractivity contribution in [1.82, 2.24) is 4.57 Å². The van der Waals surface area contributed by atoms with Crippen LogP contribution >= 0.6 is 0 Å². The van der Waals surface area contributed by atoms with E-state index in [4.69, 9.17) is 14.2 Å². The zero-order valence-corrected chi connectivity index (χ0v) is 29.4. The van der Waals surface area contributed by atoms with Crippen molar-refractivity contribution in [2.75, 3.05) is 11.9 Å². The van der Waals surface area contributed by atoms with E-state index in [0.29, 0.717) is 31.7 Å². The number of ether oxygens (including phenoxy) is 3. The first-order valence-electron chi connectivity index (χ1n) is 17.6. The molecule has 1 aromatic heterocycles. The third-order valence-corrected chi connectivity index (χ3v) is 9.09. The summed E-state index contributed by atoms with van der Waals surface area (Å²) in [6.07, 6.45) is 2.10. The highest BCUT2D eigenvalue weighted by Crippen LogP contribution is 2.43. The highest BCUT2D eigenvalue weighted by Gasteiger charge is 2.36. The molecule has 1 amide bonds. The molecule has 1 N–H and O–H groups in total. The summed E-state index contributed by atoms with van der Waals surface area (Å²) in [5.74, 6) is -1.24. The first kappa shape index (κ1) is 35.3. The summed E-state index contributed by atoms with van der Waals surface area (Å²) < 4.78 is 35.4. The van der Waals surface area contributed by atoms with Crippen LogP contribution in [0.3, 0.4) is 0 Å². The Labute approximate surface area is 295 Å². The van der Waals surface area contributed by atoms with E-state index >= 15 is 0 Å². The maximum atomic E-state index is 14.4. The highest BCUT2D eigenvalue weighted by atomic mass is 19.1. The van der Waals surface area contributed by atoms with Crippen molar-refractivity contribution in [3.8, 4) is 22.4 Å². The lowest BCUT2D eigenvalue weighted by Crippen LogP contribution is -2.45. The van der Waals surface area contributed by atoms with Gasteiger partial charge in [0.15, 0.2) is 5.79 Å². The summed E-state index contributed by atoms with van der Waals surface area (Å²) in [5.41, 5.74) is 6.89. The Hall–Kier alpha value is -4.56. The number of nitrogens with zero attached hydrogens (tertiary/aromatic N) is 1. The summed E-state index contributed by atoms with van der Waals surface area (Å²) in [7, 11) is 0. The van der Waals surface area contributed by atoms with Gasteiger partial charge in [-0.3, -0.25) is 4.79 Å². The Morgan fingerprint density at radius 3 is 2.08 bits per heavy atom. The van der Waals surface area contributed by atoms with Gasteiger partial charge in [-0.25, -0.2) is 4.39 Å². The number of carbonyl (C=O) groups excluding carboxylic acids is 1. The third kappa shape index (κ3) is 8.59. The number of carbonyl (C=O) groups is 1. The van der Waals surface area contributed by atoms with E-state index in [0.717, 1.165) is 52.2 Å². The number of hydrogen-bond donors (Lipinski definition) is 1. The van der Waals surface area contributed by atoms with E-state index in [1.807, 2.05) is 92.7 Å². The van der Waals surface area contributed by atoms with E-state index in [9.17, 15) is 9.18 Å². The highest BCUT2D eigenvalue weighted by molar-refractivity contribution is 6.12. The number of hydrogen-bond acceptors (Lipinski definition) is 4. The van der Waals surface area contributed by atoms with Gasteiger partial charge in [0.2, 0.25) is 0 Å². The second-order valence-corrected chi connectivity index (χ2v) is 13.7. The van der Waals surface area contributed by atoms with Crippen molar-refractivity contribution in [3.63, 3.8) is 0 Å². The standard InChI is InChI=1S/C43H47FN2O4/c1-30(2)40-39(42(47)45-35-18-12-7-13-19-35)38(32-16-10-6-11-17-32)41(33-20-22-34(44)23-21-33)46(40)26-24-36-28-37(50-43(3,4)49-36)25-27-48-29-31-14-8-5-9-15-31/h5-23,30,36-37H,24-29H2,1-4H3,(H,45,47)/t36-,37+/m1/s1. The molecule has 0 bridgehead atoms. The lowest BCUT2D eigenvalue weighted by atomic mass is 9.94. The summed E-state index contributed by atoms with van der Waals surface area (Å²) >= 11 is 0. The van der Waals surface area contributed by atoms with Crippen molar-refractivity contribution < 1.29 is 23.4 Å². The predicted octanol–water partition coefficient (Wildman–Crippen LogP) is 10.2. The van der Waals surface area contributed by atoms with Crippen LogP contribution in [0.25, 0.3) is 22.4 Å². The van der Waals surface area contributed by atoms with Gasteiger partial charge in [0, 0.05) is 36.5 Å². The Kier molecular flexibility index (Phi) is 11.3. The molecule has 2 heterocycles. The van der Waals surface area contributed by atoms with Crippen molar-refractivity contribution in [2.45, 2.75) is 84.0 Å². The Balaban J connectivity index is 1.34. The normalized spacial score (nSPS) is 17.2. The molecule has 1 aliphatic heterocycles. The van der Waals surface area contributed by atoms with Crippen LogP contribution in [-0.2, 0) is 27.4 Å². The molecule has 1 aliphatic rings. The largest absolute Gasteiger partial charge is 0.377 e. The minimum atomic E-state index is -0.750. The average molecular weight is 675 g/mol. The van der Waals surface area contributed by atoms with E-state index in [1.54, 1.807) is 12.1 Å². The van der Waals surface area contributed by atoms with E-state index in [1.165, 1.54) is 12.1 Å². The summed E-state index contributed by atoms with van der Waals surface area (Å²) in [6, 6.07) is 36.3. The van der Waals surface area contributed by atoms with Gasteiger partial charge in [0.1, 0.15) is 5.82 Å². The van der Waals surface area contributed by atoms with Crippen LogP contribution in [0.5, 0.6) is 0 Å². The molecule has 0 radical (unpaired) electrons. The first-order valence-corrected chi connectivity index (χ1v) is 17.6. The number of nitrogens with one attached hydrogen (secondary N) is 1. The number of benzene rings is 4. The second kappa shape index (κ2) is 16.0. The van der Waals surface area contributed by atoms with Gasteiger partial charge in [-0.1, -0.05) is 92.7 Å². The van der Waals surface area contributed by atoms with Gasteiger partial charge >= 0.3 is 0 Å². The maximum Gasteiger partial charge on any atom is 0.258 e. The average Bonchev–Trinajstić information content (AvgIpc) is 3.46. The van der Waals surface area contributed by atoms with Crippen molar-refractivity contribution in [3.05, 3.63) is 138 Å². The molecule has 6 nitrogen and oxygen atoms in total. The molecule has 50 heavy (non-hydrogen) atoms. The van der Waals surface area contributed by atoms with Crippen LogP contribution in [0, 0.1) is 5.82 Å². The quantitative estimate of drug-likeness (QED) is 0.126. The van der Waals surface area contributed by atoms with Crippen LogP contribution in [0.1, 0.15) is 74.5 Å². The summed E-state index contributed by atoms with van der Waals surface area (Å²) in [6.45, 7) is 9.93. The molecule has 5 aromatic rings. The molecule has 1 saturated heterocycles. The fourth-order valence-corrected chi connectivity index (χ4v) is 7.03. The van der Waals surface area contributed by atoms with Gasteiger partial charge in [-0.2, -0.15) is 0 Å². The SMILES string of the molecule is CC(C)c1c(C(=O)Nc2ccccc2)c(-c2ccccc2)c(-c2ccc(F)cc2)n1CC[C@@H]1C[C@H](CCOCc2ccccc2)OC(C)(C)O1. The molecule has 2 atom stereocenters. The molecule has 0 unspecified atom stereocenters. The summed E-state index contributed by atoms with van der Waals surface area (Å²) in [5, 5.41) is 3.16. The minimum absolute atomic E-state index is 0.00439. The number of aromatic nitrogens is 1. The lowest BCUT2D eigenvalue weighted by molar-refractivity contribution is -0.302. The molecule has 0 saturated carbocycles. The Bertz CT molecular complexity index is 1840.